The van der Waals surface area contributed by atoms with Crippen molar-refractivity contribution in [2.24, 2.45) is 17.3 Å². The minimum Gasteiger partial charge on any atom is -0.395 e. The number of aliphatic hydroxyl groups is 1. The summed E-state index contributed by atoms with van der Waals surface area (Å²) in [6, 6.07) is 0.399. The van der Waals surface area contributed by atoms with Crippen LogP contribution in [0.1, 0.15) is 52.9 Å². The number of hydrogen-bond acceptors (Lipinski definition) is 3. The molecule has 1 aliphatic heterocycles. The van der Waals surface area contributed by atoms with Crippen molar-refractivity contribution in [1.82, 2.24) is 10.2 Å². The minimum absolute atomic E-state index is 0.338. The van der Waals surface area contributed by atoms with Crippen LogP contribution in [-0.2, 0) is 0 Å². The van der Waals surface area contributed by atoms with Crippen molar-refractivity contribution in [3.8, 4) is 0 Å². The monoisotopic (exact) mass is 282 g/mol. The SMILES string of the molecule is CC(C)(C)C1CCC(C(CO)N2CCCNCC2)CC1. The van der Waals surface area contributed by atoms with E-state index in [1.165, 1.54) is 32.1 Å². The average molecular weight is 282 g/mol. The molecule has 0 aromatic heterocycles. The van der Waals surface area contributed by atoms with Crippen LogP contribution in [0.25, 0.3) is 0 Å². The Kier molecular flexibility index (Phi) is 5.88. The Morgan fingerprint density at radius 2 is 1.80 bits per heavy atom. The van der Waals surface area contributed by atoms with Gasteiger partial charge in [-0.1, -0.05) is 20.8 Å². The quantitative estimate of drug-likeness (QED) is 0.835. The summed E-state index contributed by atoms with van der Waals surface area (Å²) in [6.45, 7) is 11.9. The van der Waals surface area contributed by atoms with Gasteiger partial charge in [-0.15, -0.1) is 0 Å². The molecule has 1 saturated carbocycles. The highest BCUT2D eigenvalue weighted by Crippen LogP contribution is 2.41. The van der Waals surface area contributed by atoms with Crippen LogP contribution >= 0.6 is 0 Å². The predicted octanol–water partition coefficient (Wildman–Crippen LogP) is 2.50. The Hall–Kier alpha value is -0.120. The van der Waals surface area contributed by atoms with Gasteiger partial charge in [0.15, 0.2) is 0 Å². The zero-order chi connectivity index (χ0) is 14.6. The maximum Gasteiger partial charge on any atom is 0.0589 e. The molecule has 1 aliphatic carbocycles. The lowest BCUT2D eigenvalue weighted by Crippen LogP contribution is -2.46. The summed E-state index contributed by atoms with van der Waals surface area (Å²) < 4.78 is 0. The van der Waals surface area contributed by atoms with Crippen LogP contribution in [0, 0.1) is 17.3 Å². The van der Waals surface area contributed by atoms with Gasteiger partial charge in [0.2, 0.25) is 0 Å². The van der Waals surface area contributed by atoms with Crippen LogP contribution in [0.3, 0.4) is 0 Å². The molecule has 2 aliphatic rings. The number of aliphatic hydroxyl groups excluding tert-OH is 1. The lowest BCUT2D eigenvalue weighted by Gasteiger charge is -2.42. The fraction of sp³-hybridized carbons (Fsp3) is 1.00. The fourth-order valence-electron chi connectivity index (χ4n) is 4.13. The number of nitrogens with one attached hydrogen (secondary N) is 1. The average Bonchev–Trinajstić information content (AvgIpc) is 2.68. The molecule has 3 nitrogen and oxygen atoms in total. The van der Waals surface area contributed by atoms with Crippen LogP contribution in [0.15, 0.2) is 0 Å². The molecule has 0 amide bonds. The van der Waals surface area contributed by atoms with Gasteiger partial charge in [0.05, 0.1) is 6.61 Å². The van der Waals surface area contributed by atoms with Gasteiger partial charge >= 0.3 is 0 Å². The zero-order valence-corrected chi connectivity index (χ0v) is 13.7. The standard InChI is InChI=1S/C17H34N2O/c1-17(2,3)15-7-5-14(6-8-15)16(13-20)19-11-4-9-18-10-12-19/h14-16,18,20H,4-13H2,1-3H3. The Morgan fingerprint density at radius 3 is 2.40 bits per heavy atom. The van der Waals surface area contributed by atoms with E-state index in [4.69, 9.17) is 0 Å². The Bertz CT molecular complexity index is 271. The van der Waals surface area contributed by atoms with Gasteiger partial charge in [-0.05, 0) is 62.4 Å². The summed E-state index contributed by atoms with van der Waals surface area (Å²) in [5.74, 6) is 1.57. The van der Waals surface area contributed by atoms with Crippen LogP contribution in [0.2, 0.25) is 0 Å². The molecule has 118 valence electrons. The first-order valence-electron chi connectivity index (χ1n) is 8.58. The predicted molar refractivity (Wildman–Crippen MR) is 84.8 cm³/mol. The van der Waals surface area contributed by atoms with Gasteiger partial charge in [0.1, 0.15) is 0 Å². The molecule has 1 heterocycles. The van der Waals surface area contributed by atoms with Crippen molar-refractivity contribution in [3.05, 3.63) is 0 Å². The van der Waals surface area contributed by atoms with Crippen LogP contribution in [0.4, 0.5) is 0 Å². The fourth-order valence-corrected chi connectivity index (χ4v) is 4.13. The normalized spacial score (nSPS) is 31.8. The lowest BCUT2D eigenvalue weighted by atomic mass is 9.68. The third-order valence-corrected chi connectivity index (χ3v) is 5.57. The van der Waals surface area contributed by atoms with Crippen LogP contribution in [-0.4, -0.2) is 48.8 Å². The minimum atomic E-state index is 0.338. The number of rotatable bonds is 3. The molecule has 1 atom stereocenters. The molecule has 0 bridgehead atoms. The second-order valence-corrected chi connectivity index (χ2v) is 7.87. The van der Waals surface area contributed by atoms with E-state index in [-0.39, 0.29) is 0 Å². The second kappa shape index (κ2) is 7.24. The first-order chi connectivity index (χ1) is 9.52. The lowest BCUT2D eigenvalue weighted by molar-refractivity contribution is 0.0468. The van der Waals surface area contributed by atoms with E-state index >= 15 is 0 Å². The maximum absolute atomic E-state index is 9.89. The van der Waals surface area contributed by atoms with Crippen molar-refractivity contribution in [2.45, 2.75) is 58.9 Å². The van der Waals surface area contributed by atoms with Crippen molar-refractivity contribution in [3.63, 3.8) is 0 Å². The summed E-state index contributed by atoms with van der Waals surface area (Å²) in [5, 5.41) is 13.3. The molecule has 1 unspecified atom stereocenters. The molecular formula is C17H34N2O. The van der Waals surface area contributed by atoms with Gasteiger partial charge in [-0.3, -0.25) is 4.90 Å². The van der Waals surface area contributed by atoms with Crippen molar-refractivity contribution in [2.75, 3.05) is 32.8 Å². The Labute approximate surface area is 125 Å². The number of hydrogen-bond donors (Lipinski definition) is 2. The molecular weight excluding hydrogens is 248 g/mol. The topological polar surface area (TPSA) is 35.5 Å². The molecule has 0 aromatic carbocycles. The highest BCUT2D eigenvalue weighted by molar-refractivity contribution is 4.87. The van der Waals surface area contributed by atoms with E-state index in [1.807, 2.05) is 0 Å². The summed E-state index contributed by atoms with van der Waals surface area (Å²) in [7, 11) is 0. The second-order valence-electron chi connectivity index (χ2n) is 7.87. The highest BCUT2D eigenvalue weighted by Gasteiger charge is 2.34. The van der Waals surface area contributed by atoms with Crippen LogP contribution in [0.5, 0.6) is 0 Å². The van der Waals surface area contributed by atoms with E-state index in [1.54, 1.807) is 0 Å². The molecule has 20 heavy (non-hydrogen) atoms. The molecule has 0 aromatic rings. The summed E-state index contributed by atoms with van der Waals surface area (Å²) in [4.78, 5) is 2.54. The summed E-state index contributed by atoms with van der Waals surface area (Å²) >= 11 is 0. The van der Waals surface area contributed by atoms with Gasteiger partial charge in [-0.25, -0.2) is 0 Å². The molecule has 3 heteroatoms. The number of nitrogens with zero attached hydrogens (tertiary/aromatic N) is 1. The van der Waals surface area contributed by atoms with E-state index in [0.29, 0.717) is 24.0 Å². The summed E-state index contributed by atoms with van der Waals surface area (Å²) in [5.41, 5.74) is 0.451. The first-order valence-corrected chi connectivity index (χ1v) is 8.58. The van der Waals surface area contributed by atoms with Gasteiger partial charge in [0, 0.05) is 19.1 Å². The Morgan fingerprint density at radius 1 is 1.10 bits per heavy atom. The van der Waals surface area contributed by atoms with Gasteiger partial charge in [0.25, 0.3) is 0 Å². The van der Waals surface area contributed by atoms with Crippen LogP contribution < -0.4 is 5.32 Å². The Balaban J connectivity index is 1.89. The van der Waals surface area contributed by atoms with Crippen molar-refractivity contribution < 1.29 is 5.11 Å². The largest absolute Gasteiger partial charge is 0.395 e. The smallest absolute Gasteiger partial charge is 0.0589 e. The van der Waals surface area contributed by atoms with Gasteiger partial charge < -0.3 is 10.4 Å². The molecule has 0 spiro atoms. The van der Waals surface area contributed by atoms with Gasteiger partial charge in [-0.2, -0.15) is 0 Å². The summed E-state index contributed by atoms with van der Waals surface area (Å²) in [6.07, 6.45) is 6.51. The van der Waals surface area contributed by atoms with Crippen molar-refractivity contribution in [1.29, 1.82) is 0 Å². The highest BCUT2D eigenvalue weighted by atomic mass is 16.3. The van der Waals surface area contributed by atoms with E-state index in [0.717, 1.165) is 32.1 Å². The molecule has 2 rings (SSSR count). The third kappa shape index (κ3) is 4.19. The molecule has 1 saturated heterocycles. The van der Waals surface area contributed by atoms with E-state index in [9.17, 15) is 5.11 Å². The van der Waals surface area contributed by atoms with E-state index in [2.05, 4.69) is 31.0 Å². The first kappa shape index (κ1) is 16.3. The molecule has 2 fully saturated rings. The molecule has 0 radical (unpaired) electrons. The maximum atomic E-state index is 9.89. The molecule has 2 N–H and O–H groups in total. The van der Waals surface area contributed by atoms with Crippen molar-refractivity contribution >= 4 is 0 Å². The van der Waals surface area contributed by atoms with E-state index < -0.39 is 0 Å². The third-order valence-electron chi connectivity index (χ3n) is 5.57. The zero-order valence-electron chi connectivity index (χ0n) is 13.7.